The molecular weight excluding hydrogens is 104 g/mol. The molecule has 0 saturated carbocycles. The van der Waals surface area contributed by atoms with Gasteiger partial charge in [-0.2, -0.15) is 0 Å². The van der Waals surface area contributed by atoms with E-state index in [1.807, 2.05) is 19.0 Å². The number of aliphatic hydroxyl groups is 1. The minimum atomic E-state index is 0.120. The Hall–Kier alpha value is -0.120. The smallest absolute Gasteiger partial charge is 0.0598 e. The Balaban J connectivity index is 3.35. The molecule has 3 heteroatoms. The number of hydrogen-bond donors (Lipinski definition) is 2. The molecule has 0 amide bonds. The molecule has 0 aliphatic rings. The van der Waals surface area contributed by atoms with E-state index in [0.717, 1.165) is 0 Å². The lowest BCUT2D eigenvalue weighted by Gasteiger charge is -2.19. The third kappa shape index (κ3) is 2.26. The molecular formula is C5H14N2O. The van der Waals surface area contributed by atoms with E-state index >= 15 is 0 Å². The van der Waals surface area contributed by atoms with Crippen LogP contribution in [0, 0.1) is 0 Å². The Morgan fingerprint density at radius 2 is 2.12 bits per heavy atom. The van der Waals surface area contributed by atoms with E-state index in [-0.39, 0.29) is 12.6 Å². The molecule has 0 aromatic heterocycles. The van der Waals surface area contributed by atoms with Gasteiger partial charge in [0.15, 0.2) is 0 Å². The molecule has 0 saturated heterocycles. The highest BCUT2D eigenvalue weighted by Crippen LogP contribution is 1.85. The maximum absolute atomic E-state index is 8.57. The Morgan fingerprint density at radius 3 is 2.12 bits per heavy atom. The second kappa shape index (κ2) is 3.83. The first-order valence-electron chi connectivity index (χ1n) is 2.69. The first-order valence-corrected chi connectivity index (χ1v) is 2.69. The predicted octanol–water partition coefficient (Wildman–Crippen LogP) is -1.13. The van der Waals surface area contributed by atoms with Gasteiger partial charge in [0.1, 0.15) is 0 Å². The van der Waals surface area contributed by atoms with Crippen LogP contribution in [-0.2, 0) is 0 Å². The van der Waals surface area contributed by atoms with E-state index < -0.39 is 0 Å². The summed E-state index contributed by atoms with van der Waals surface area (Å²) in [5.41, 5.74) is 5.28. The molecule has 8 heavy (non-hydrogen) atoms. The molecule has 0 bridgehead atoms. The number of aliphatic hydroxyl groups excluding tert-OH is 1. The zero-order valence-corrected chi connectivity index (χ0v) is 5.46. The van der Waals surface area contributed by atoms with Gasteiger partial charge < -0.3 is 15.7 Å². The summed E-state index contributed by atoms with van der Waals surface area (Å²) in [5, 5.41) is 8.57. The minimum Gasteiger partial charge on any atom is -0.395 e. The van der Waals surface area contributed by atoms with Gasteiger partial charge in [-0.1, -0.05) is 0 Å². The maximum atomic E-state index is 8.57. The fourth-order valence-electron chi connectivity index (χ4n) is 0.449. The third-order valence-corrected chi connectivity index (χ3v) is 1.21. The molecule has 0 aromatic carbocycles. The third-order valence-electron chi connectivity index (χ3n) is 1.21. The number of nitrogens with zero attached hydrogens (tertiary/aromatic N) is 1. The van der Waals surface area contributed by atoms with E-state index in [2.05, 4.69) is 0 Å². The van der Waals surface area contributed by atoms with E-state index in [1.54, 1.807) is 0 Å². The van der Waals surface area contributed by atoms with Crippen LogP contribution in [0.25, 0.3) is 0 Å². The van der Waals surface area contributed by atoms with Gasteiger partial charge in [-0.15, -0.1) is 0 Å². The first-order chi connectivity index (χ1) is 3.72. The summed E-state index contributed by atoms with van der Waals surface area (Å²) in [6.45, 7) is 0.660. The lowest BCUT2D eigenvalue weighted by Crippen LogP contribution is -2.37. The molecule has 0 spiro atoms. The van der Waals surface area contributed by atoms with Crippen molar-refractivity contribution in [3.8, 4) is 0 Å². The lowest BCUT2D eigenvalue weighted by atomic mass is 10.3. The molecule has 3 N–H and O–H groups in total. The van der Waals surface area contributed by atoms with Gasteiger partial charge in [0.05, 0.1) is 6.61 Å². The Morgan fingerprint density at radius 1 is 1.62 bits per heavy atom. The number of nitrogens with two attached hydrogens (primary N) is 1. The van der Waals surface area contributed by atoms with Crippen LogP contribution in [0.4, 0.5) is 0 Å². The molecule has 0 radical (unpaired) electrons. The molecule has 0 fully saturated rings. The SMILES string of the molecule is CN(C)[C@H](CN)CO. The highest BCUT2D eigenvalue weighted by molar-refractivity contribution is 4.63. The highest BCUT2D eigenvalue weighted by atomic mass is 16.3. The van der Waals surface area contributed by atoms with Gasteiger partial charge in [0.25, 0.3) is 0 Å². The summed E-state index contributed by atoms with van der Waals surface area (Å²) in [5.74, 6) is 0. The topological polar surface area (TPSA) is 49.5 Å². The van der Waals surface area contributed by atoms with Crippen LogP contribution in [0.5, 0.6) is 0 Å². The summed E-state index contributed by atoms with van der Waals surface area (Å²) in [7, 11) is 3.79. The zero-order valence-electron chi connectivity index (χ0n) is 5.46. The van der Waals surface area contributed by atoms with Crippen molar-refractivity contribution < 1.29 is 5.11 Å². The molecule has 0 rings (SSSR count). The Labute approximate surface area is 50.1 Å². The number of rotatable bonds is 3. The predicted molar refractivity (Wildman–Crippen MR) is 33.6 cm³/mol. The van der Waals surface area contributed by atoms with Gasteiger partial charge in [-0.3, -0.25) is 0 Å². The van der Waals surface area contributed by atoms with E-state index in [0.29, 0.717) is 6.54 Å². The first kappa shape index (κ1) is 7.88. The highest BCUT2D eigenvalue weighted by Gasteiger charge is 2.04. The molecule has 0 heterocycles. The van der Waals surface area contributed by atoms with Crippen LogP contribution >= 0.6 is 0 Å². The number of hydrogen-bond acceptors (Lipinski definition) is 3. The standard InChI is InChI=1S/C5H14N2O/c1-7(2)5(3-6)4-8/h5,8H,3-4,6H2,1-2H3/t5-/m1/s1. The second-order valence-corrected chi connectivity index (χ2v) is 2.04. The molecule has 0 aromatic rings. The number of likely N-dealkylation sites (N-methyl/N-ethyl adjacent to an activating group) is 1. The van der Waals surface area contributed by atoms with Gasteiger partial charge in [0, 0.05) is 12.6 Å². The average Bonchev–Trinajstić information content (AvgIpc) is 1.69. The fraction of sp³-hybridized carbons (Fsp3) is 1.00. The quantitative estimate of drug-likeness (QED) is 0.493. The van der Waals surface area contributed by atoms with Gasteiger partial charge >= 0.3 is 0 Å². The molecule has 0 aliphatic heterocycles. The molecule has 50 valence electrons. The van der Waals surface area contributed by atoms with E-state index in [1.165, 1.54) is 0 Å². The summed E-state index contributed by atoms with van der Waals surface area (Å²) in [6, 6.07) is 0.120. The van der Waals surface area contributed by atoms with Crippen LogP contribution in [-0.4, -0.2) is 43.3 Å². The minimum absolute atomic E-state index is 0.120. The van der Waals surface area contributed by atoms with Crippen molar-refractivity contribution in [1.29, 1.82) is 0 Å². The van der Waals surface area contributed by atoms with Crippen LogP contribution < -0.4 is 5.73 Å². The van der Waals surface area contributed by atoms with Crippen molar-refractivity contribution >= 4 is 0 Å². The van der Waals surface area contributed by atoms with Crippen molar-refractivity contribution in [3.05, 3.63) is 0 Å². The maximum Gasteiger partial charge on any atom is 0.0598 e. The van der Waals surface area contributed by atoms with Crippen LogP contribution in [0.2, 0.25) is 0 Å². The van der Waals surface area contributed by atoms with Crippen LogP contribution in [0.1, 0.15) is 0 Å². The molecule has 0 aliphatic carbocycles. The second-order valence-electron chi connectivity index (χ2n) is 2.04. The van der Waals surface area contributed by atoms with E-state index in [4.69, 9.17) is 10.8 Å². The van der Waals surface area contributed by atoms with Crippen LogP contribution in [0.3, 0.4) is 0 Å². The van der Waals surface area contributed by atoms with Crippen molar-refractivity contribution in [2.24, 2.45) is 5.73 Å². The summed E-state index contributed by atoms with van der Waals surface area (Å²) in [4.78, 5) is 1.90. The molecule has 3 nitrogen and oxygen atoms in total. The largest absolute Gasteiger partial charge is 0.395 e. The average molecular weight is 118 g/mol. The summed E-state index contributed by atoms with van der Waals surface area (Å²) in [6.07, 6.45) is 0. The van der Waals surface area contributed by atoms with Crippen molar-refractivity contribution in [1.82, 2.24) is 4.90 Å². The monoisotopic (exact) mass is 118 g/mol. The molecule has 0 unspecified atom stereocenters. The zero-order chi connectivity index (χ0) is 6.57. The molecule has 1 atom stereocenters. The Bertz CT molecular complexity index is 52.4. The summed E-state index contributed by atoms with van der Waals surface area (Å²) < 4.78 is 0. The Kier molecular flexibility index (Phi) is 3.77. The van der Waals surface area contributed by atoms with Crippen molar-refractivity contribution in [3.63, 3.8) is 0 Å². The van der Waals surface area contributed by atoms with Crippen LogP contribution in [0.15, 0.2) is 0 Å². The van der Waals surface area contributed by atoms with E-state index in [9.17, 15) is 0 Å². The van der Waals surface area contributed by atoms with Gasteiger partial charge in [0.2, 0.25) is 0 Å². The van der Waals surface area contributed by atoms with Crippen molar-refractivity contribution in [2.75, 3.05) is 27.2 Å². The van der Waals surface area contributed by atoms with Gasteiger partial charge in [-0.25, -0.2) is 0 Å². The lowest BCUT2D eigenvalue weighted by molar-refractivity contribution is 0.174. The fourth-order valence-corrected chi connectivity index (χ4v) is 0.449. The summed E-state index contributed by atoms with van der Waals surface area (Å²) >= 11 is 0. The normalized spacial score (nSPS) is 14.6. The van der Waals surface area contributed by atoms with Gasteiger partial charge in [-0.05, 0) is 14.1 Å². The van der Waals surface area contributed by atoms with Crippen molar-refractivity contribution in [2.45, 2.75) is 6.04 Å².